The molecule has 0 saturated carbocycles. The van der Waals surface area contributed by atoms with Crippen molar-refractivity contribution in [2.24, 2.45) is 0 Å². The molecule has 0 aliphatic carbocycles. The second-order valence-electron chi connectivity index (χ2n) is 5.43. The van der Waals surface area contributed by atoms with Gasteiger partial charge in [0.25, 0.3) is 0 Å². The maximum Gasteiger partial charge on any atom is 0.178 e. The highest BCUT2D eigenvalue weighted by atomic mass is 32.1. The predicted octanol–water partition coefficient (Wildman–Crippen LogP) is 4.63. The summed E-state index contributed by atoms with van der Waals surface area (Å²) in [7, 11) is 0. The van der Waals surface area contributed by atoms with Crippen LogP contribution in [-0.4, -0.2) is 16.2 Å². The second-order valence-corrected chi connectivity index (χ2v) is 5.82. The lowest BCUT2D eigenvalue weighted by atomic mass is 10.0. The van der Waals surface area contributed by atoms with Gasteiger partial charge in [-0.2, -0.15) is 0 Å². The van der Waals surface area contributed by atoms with Gasteiger partial charge in [0.1, 0.15) is 11.3 Å². The number of hydrogen-bond donors (Lipinski definition) is 1. The Bertz CT molecular complexity index is 625. The highest BCUT2D eigenvalue weighted by Crippen LogP contribution is 2.30. The van der Waals surface area contributed by atoms with Crippen LogP contribution in [0.15, 0.2) is 18.2 Å². The molecule has 0 aliphatic heterocycles. The van der Waals surface area contributed by atoms with Crippen molar-refractivity contribution in [3.63, 3.8) is 0 Å². The van der Waals surface area contributed by atoms with Gasteiger partial charge in [-0.25, -0.2) is 0 Å². The summed E-state index contributed by atoms with van der Waals surface area (Å²) in [5.41, 5.74) is 2.12. The molecule has 0 fully saturated rings. The molecule has 19 heavy (non-hydrogen) atoms. The van der Waals surface area contributed by atoms with E-state index in [2.05, 4.69) is 43.3 Å². The lowest BCUT2D eigenvalue weighted by molar-refractivity contribution is 0.320. The zero-order valence-corrected chi connectivity index (χ0v) is 12.9. The van der Waals surface area contributed by atoms with Crippen LogP contribution >= 0.6 is 12.2 Å². The number of ether oxygens (including phenoxy) is 1. The molecule has 2 aromatic rings. The minimum absolute atomic E-state index is 0.00128. The average molecular weight is 278 g/mol. The number of imidazole rings is 1. The smallest absolute Gasteiger partial charge is 0.178 e. The first kappa shape index (κ1) is 14.1. The molecule has 2 rings (SSSR count). The number of nitrogens with zero attached hydrogens (tertiary/aromatic N) is 1. The summed E-state index contributed by atoms with van der Waals surface area (Å²) in [6, 6.07) is 6.11. The molecule has 1 aromatic heterocycles. The minimum atomic E-state index is -0.00128. The van der Waals surface area contributed by atoms with Crippen LogP contribution in [0.3, 0.4) is 0 Å². The van der Waals surface area contributed by atoms with Gasteiger partial charge in [0.05, 0.1) is 12.1 Å². The van der Waals surface area contributed by atoms with E-state index in [0.717, 1.165) is 41.0 Å². The molecular weight excluding hydrogens is 256 g/mol. The summed E-state index contributed by atoms with van der Waals surface area (Å²) in [6.45, 7) is 9.42. The van der Waals surface area contributed by atoms with E-state index in [0.29, 0.717) is 0 Å². The van der Waals surface area contributed by atoms with Crippen LogP contribution in [0, 0.1) is 4.77 Å². The first-order valence-corrected chi connectivity index (χ1v) is 7.29. The molecule has 0 amide bonds. The number of para-hydroxylation sites is 1. The third-order valence-electron chi connectivity index (χ3n) is 3.61. The molecule has 1 N–H and O–H groups in total. The number of H-pyrrole nitrogens is 1. The molecule has 0 atom stereocenters. The van der Waals surface area contributed by atoms with Crippen LogP contribution in [0.2, 0.25) is 0 Å². The van der Waals surface area contributed by atoms with Gasteiger partial charge in [0.2, 0.25) is 0 Å². The lowest BCUT2D eigenvalue weighted by Crippen LogP contribution is -2.25. The quantitative estimate of drug-likeness (QED) is 0.808. The van der Waals surface area contributed by atoms with Gasteiger partial charge in [0.15, 0.2) is 4.77 Å². The van der Waals surface area contributed by atoms with Gasteiger partial charge in [-0.15, -0.1) is 0 Å². The molecule has 0 aliphatic rings. The summed E-state index contributed by atoms with van der Waals surface area (Å²) < 4.78 is 8.74. The van der Waals surface area contributed by atoms with Crippen molar-refractivity contribution in [2.75, 3.05) is 6.61 Å². The van der Waals surface area contributed by atoms with E-state index in [1.165, 1.54) is 0 Å². The van der Waals surface area contributed by atoms with Crippen molar-refractivity contribution in [3.8, 4) is 5.75 Å². The van der Waals surface area contributed by atoms with Crippen molar-refractivity contribution in [1.29, 1.82) is 0 Å². The summed E-state index contributed by atoms with van der Waals surface area (Å²) in [5.74, 6) is 0.885. The number of aromatic amines is 1. The largest absolute Gasteiger partial charge is 0.491 e. The maximum atomic E-state index is 5.79. The number of hydrogen-bond acceptors (Lipinski definition) is 2. The van der Waals surface area contributed by atoms with Crippen molar-refractivity contribution in [2.45, 2.75) is 46.1 Å². The topological polar surface area (TPSA) is 29.9 Å². The predicted molar refractivity (Wildman–Crippen MR) is 82.5 cm³/mol. The van der Waals surface area contributed by atoms with Gasteiger partial charge < -0.3 is 14.3 Å². The zero-order valence-electron chi connectivity index (χ0n) is 12.1. The van der Waals surface area contributed by atoms with Gasteiger partial charge in [-0.3, -0.25) is 0 Å². The Morgan fingerprint density at radius 3 is 2.68 bits per heavy atom. The highest BCUT2D eigenvalue weighted by molar-refractivity contribution is 7.71. The van der Waals surface area contributed by atoms with E-state index >= 15 is 0 Å². The molecule has 0 unspecified atom stereocenters. The van der Waals surface area contributed by atoms with Crippen molar-refractivity contribution in [3.05, 3.63) is 23.0 Å². The summed E-state index contributed by atoms with van der Waals surface area (Å²) >= 11 is 5.49. The molecular formula is C15H22N2OS. The van der Waals surface area contributed by atoms with Gasteiger partial charge in [-0.1, -0.05) is 19.9 Å². The molecule has 1 aromatic carbocycles. The Kier molecular flexibility index (Phi) is 3.99. The van der Waals surface area contributed by atoms with E-state index in [4.69, 9.17) is 17.0 Å². The summed E-state index contributed by atoms with van der Waals surface area (Å²) in [5, 5.41) is 0. The number of fused-ring (bicyclic) bond motifs is 1. The fourth-order valence-electron chi connectivity index (χ4n) is 2.20. The number of nitrogens with one attached hydrogen (secondary N) is 1. The number of benzene rings is 1. The molecule has 104 valence electrons. The monoisotopic (exact) mass is 278 g/mol. The third kappa shape index (κ3) is 2.54. The van der Waals surface area contributed by atoms with E-state index in [1.807, 2.05) is 12.1 Å². The van der Waals surface area contributed by atoms with E-state index in [-0.39, 0.29) is 5.54 Å². The van der Waals surface area contributed by atoms with Crippen LogP contribution in [0.1, 0.15) is 40.5 Å². The van der Waals surface area contributed by atoms with Gasteiger partial charge >= 0.3 is 0 Å². The van der Waals surface area contributed by atoms with Crippen LogP contribution in [0.4, 0.5) is 0 Å². The van der Waals surface area contributed by atoms with Crippen LogP contribution in [0.5, 0.6) is 5.75 Å². The molecule has 4 heteroatoms. The van der Waals surface area contributed by atoms with Gasteiger partial charge in [0, 0.05) is 5.54 Å². The first-order valence-electron chi connectivity index (χ1n) is 6.88. The Labute approximate surface area is 119 Å². The fourth-order valence-corrected chi connectivity index (χ4v) is 2.64. The average Bonchev–Trinajstić information content (AvgIpc) is 2.73. The Balaban J connectivity index is 2.63. The molecule has 0 radical (unpaired) electrons. The van der Waals surface area contributed by atoms with Crippen molar-refractivity contribution >= 4 is 23.3 Å². The minimum Gasteiger partial charge on any atom is -0.491 e. The van der Waals surface area contributed by atoms with Crippen LogP contribution in [0.25, 0.3) is 11.0 Å². The number of aromatic nitrogens is 2. The Hall–Kier alpha value is -1.29. The fraction of sp³-hybridized carbons (Fsp3) is 0.533. The third-order valence-corrected chi connectivity index (χ3v) is 3.90. The van der Waals surface area contributed by atoms with E-state index < -0.39 is 0 Å². The molecule has 0 spiro atoms. The van der Waals surface area contributed by atoms with E-state index in [1.54, 1.807) is 0 Å². The number of rotatable bonds is 5. The molecule has 0 saturated heterocycles. The zero-order chi connectivity index (χ0) is 14.0. The summed E-state index contributed by atoms with van der Waals surface area (Å²) in [6.07, 6.45) is 2.02. The Morgan fingerprint density at radius 1 is 1.32 bits per heavy atom. The molecule has 0 bridgehead atoms. The van der Waals surface area contributed by atoms with Gasteiger partial charge in [-0.05, 0) is 51.0 Å². The van der Waals surface area contributed by atoms with Crippen molar-refractivity contribution < 1.29 is 4.74 Å². The normalized spacial score (nSPS) is 12.0. The van der Waals surface area contributed by atoms with Crippen molar-refractivity contribution in [1.82, 2.24) is 9.55 Å². The second kappa shape index (κ2) is 5.37. The molecule has 3 nitrogen and oxygen atoms in total. The first-order chi connectivity index (χ1) is 9.01. The SMILES string of the molecule is CCCOc1cccc2c1[nH]c(=S)n2C(C)(C)CC. The van der Waals surface area contributed by atoms with Crippen LogP contribution < -0.4 is 4.74 Å². The summed E-state index contributed by atoms with van der Waals surface area (Å²) in [4.78, 5) is 3.30. The lowest BCUT2D eigenvalue weighted by Gasteiger charge is -2.25. The Morgan fingerprint density at radius 2 is 2.05 bits per heavy atom. The maximum absolute atomic E-state index is 5.79. The molecule has 1 heterocycles. The standard InChI is InChI=1S/C15H22N2OS/c1-5-10-18-12-9-7-8-11-13(12)16-14(19)17(11)15(3,4)6-2/h7-9H,5-6,10H2,1-4H3,(H,16,19). The van der Waals surface area contributed by atoms with Crippen LogP contribution in [-0.2, 0) is 5.54 Å². The highest BCUT2D eigenvalue weighted by Gasteiger charge is 2.22. The van der Waals surface area contributed by atoms with E-state index in [9.17, 15) is 0 Å².